The van der Waals surface area contributed by atoms with E-state index in [0.717, 1.165) is 16.7 Å². The van der Waals surface area contributed by atoms with Gasteiger partial charge in [0.2, 0.25) is 0 Å². The second kappa shape index (κ2) is 5.32. The summed E-state index contributed by atoms with van der Waals surface area (Å²) >= 11 is 12.5. The van der Waals surface area contributed by atoms with Crippen molar-refractivity contribution in [1.82, 2.24) is 4.90 Å². The molecule has 0 atom stereocenters. The molecule has 1 aromatic rings. The minimum atomic E-state index is -0.629. The van der Waals surface area contributed by atoms with Crippen molar-refractivity contribution in [3.05, 3.63) is 38.7 Å². The fraction of sp³-hybridized carbons (Fsp3) is 0.0909. The van der Waals surface area contributed by atoms with Crippen LogP contribution < -0.4 is 0 Å². The molecule has 1 aromatic carbocycles. The molecule has 1 saturated heterocycles. The Morgan fingerprint density at radius 2 is 2.06 bits per heavy atom. The Kier molecular flexibility index (Phi) is 3.97. The summed E-state index contributed by atoms with van der Waals surface area (Å²) in [5, 5.41) is 9.25. The van der Waals surface area contributed by atoms with E-state index in [1.807, 2.05) is 0 Å². The smallest absolute Gasteiger partial charge is 0.295 e. The Morgan fingerprint density at radius 3 is 2.61 bits per heavy atom. The summed E-state index contributed by atoms with van der Waals surface area (Å²) in [5.41, 5.74) is 0.588. The van der Waals surface area contributed by atoms with Gasteiger partial charge in [0.25, 0.3) is 11.1 Å². The molecule has 2 amide bonds. The van der Waals surface area contributed by atoms with Crippen molar-refractivity contribution < 1.29 is 14.7 Å². The molecule has 1 aliphatic heterocycles. The molecule has 0 aromatic heterocycles. The Bertz CT molecular complexity index is 559. The number of aliphatic hydroxyl groups is 1. The molecular weight excluding hydrogens is 297 g/mol. The second-order valence-electron chi connectivity index (χ2n) is 3.42. The topological polar surface area (TPSA) is 57.6 Å². The number of aliphatic hydroxyl groups excluding tert-OH is 1. The number of thioether (sulfide) groups is 1. The monoisotopic (exact) mass is 303 g/mol. The van der Waals surface area contributed by atoms with Crippen molar-refractivity contribution >= 4 is 52.2 Å². The molecule has 0 spiro atoms. The van der Waals surface area contributed by atoms with Gasteiger partial charge in [-0.3, -0.25) is 9.59 Å². The second-order valence-corrected chi connectivity index (χ2v) is 5.25. The number of halogens is 2. The molecule has 0 saturated carbocycles. The van der Waals surface area contributed by atoms with Crippen LogP contribution in [0.25, 0.3) is 6.08 Å². The molecule has 0 unspecified atom stereocenters. The van der Waals surface area contributed by atoms with Crippen LogP contribution in [0.15, 0.2) is 23.1 Å². The van der Waals surface area contributed by atoms with E-state index in [2.05, 4.69) is 0 Å². The summed E-state index contributed by atoms with van der Waals surface area (Å²) in [6.07, 6.45) is 1.50. The van der Waals surface area contributed by atoms with E-state index in [4.69, 9.17) is 28.3 Å². The maximum atomic E-state index is 11.7. The SMILES string of the molecule is O=C1SC(=Cc2ccc(Cl)cc2Cl)C(=O)N1CO. The molecule has 4 nitrogen and oxygen atoms in total. The molecule has 1 fully saturated rings. The first-order valence-corrected chi connectivity index (χ1v) is 6.41. The van der Waals surface area contributed by atoms with E-state index in [1.165, 1.54) is 6.08 Å². The third kappa shape index (κ3) is 2.54. The van der Waals surface area contributed by atoms with Gasteiger partial charge in [-0.05, 0) is 35.5 Å². The summed E-state index contributed by atoms with van der Waals surface area (Å²) in [6, 6.07) is 4.83. The fourth-order valence-electron chi connectivity index (χ4n) is 1.38. The Balaban J connectivity index is 2.35. The van der Waals surface area contributed by atoms with Crippen molar-refractivity contribution in [2.75, 3.05) is 6.73 Å². The fourth-order valence-corrected chi connectivity index (χ4v) is 2.67. The molecule has 18 heavy (non-hydrogen) atoms. The van der Waals surface area contributed by atoms with Crippen molar-refractivity contribution in [2.45, 2.75) is 0 Å². The van der Waals surface area contributed by atoms with Crippen LogP contribution in [0.5, 0.6) is 0 Å². The van der Waals surface area contributed by atoms with E-state index < -0.39 is 17.9 Å². The van der Waals surface area contributed by atoms with Gasteiger partial charge >= 0.3 is 0 Å². The number of nitrogens with zero attached hydrogens (tertiary/aromatic N) is 1. The molecule has 1 N–H and O–H groups in total. The average molecular weight is 304 g/mol. The van der Waals surface area contributed by atoms with Crippen molar-refractivity contribution in [2.24, 2.45) is 0 Å². The number of benzene rings is 1. The van der Waals surface area contributed by atoms with E-state index in [-0.39, 0.29) is 4.91 Å². The maximum absolute atomic E-state index is 11.7. The van der Waals surface area contributed by atoms with Crippen LogP contribution in [0.4, 0.5) is 4.79 Å². The zero-order valence-electron chi connectivity index (χ0n) is 8.89. The van der Waals surface area contributed by atoms with E-state index in [1.54, 1.807) is 18.2 Å². The lowest BCUT2D eigenvalue weighted by atomic mass is 10.2. The molecule has 1 heterocycles. The highest BCUT2D eigenvalue weighted by Crippen LogP contribution is 2.33. The van der Waals surface area contributed by atoms with Gasteiger partial charge in [-0.25, -0.2) is 4.90 Å². The lowest BCUT2D eigenvalue weighted by Gasteiger charge is -2.06. The molecule has 7 heteroatoms. The first kappa shape index (κ1) is 13.4. The molecule has 0 aliphatic carbocycles. The van der Waals surface area contributed by atoms with Crippen LogP contribution >= 0.6 is 35.0 Å². The number of hydrogen-bond donors (Lipinski definition) is 1. The van der Waals surface area contributed by atoms with Crippen LogP contribution in [0, 0.1) is 0 Å². The van der Waals surface area contributed by atoms with Gasteiger partial charge in [0.15, 0.2) is 0 Å². The lowest BCUT2D eigenvalue weighted by Crippen LogP contribution is -2.28. The number of carbonyl (C=O) groups excluding carboxylic acids is 2. The normalized spacial score (nSPS) is 17.9. The summed E-state index contributed by atoms with van der Waals surface area (Å²) in [5.74, 6) is -0.529. The third-order valence-corrected chi connectivity index (χ3v) is 3.73. The van der Waals surface area contributed by atoms with Crippen LogP contribution in [0.3, 0.4) is 0 Å². The van der Waals surface area contributed by atoms with Crippen LogP contribution in [-0.4, -0.2) is 27.9 Å². The quantitative estimate of drug-likeness (QED) is 0.853. The van der Waals surface area contributed by atoms with Crippen LogP contribution in [0.2, 0.25) is 10.0 Å². The zero-order chi connectivity index (χ0) is 13.3. The molecule has 94 valence electrons. The van der Waals surface area contributed by atoms with Gasteiger partial charge in [0.05, 0.1) is 4.91 Å². The average Bonchev–Trinajstić information content (AvgIpc) is 2.58. The highest BCUT2D eigenvalue weighted by atomic mass is 35.5. The Morgan fingerprint density at radius 1 is 1.33 bits per heavy atom. The minimum absolute atomic E-state index is 0.221. The first-order chi connectivity index (χ1) is 8.52. The zero-order valence-corrected chi connectivity index (χ0v) is 11.2. The number of imide groups is 1. The molecular formula is C11H7Cl2NO3S. The van der Waals surface area contributed by atoms with E-state index >= 15 is 0 Å². The van der Waals surface area contributed by atoms with Crippen LogP contribution in [0.1, 0.15) is 5.56 Å². The van der Waals surface area contributed by atoms with Crippen LogP contribution in [-0.2, 0) is 4.79 Å². The highest BCUT2D eigenvalue weighted by molar-refractivity contribution is 8.18. The highest BCUT2D eigenvalue weighted by Gasteiger charge is 2.34. The van der Waals surface area contributed by atoms with E-state index in [9.17, 15) is 9.59 Å². The lowest BCUT2D eigenvalue weighted by molar-refractivity contribution is -0.125. The number of rotatable bonds is 2. The van der Waals surface area contributed by atoms with Crippen molar-refractivity contribution in [3.63, 3.8) is 0 Å². The number of carbonyl (C=O) groups is 2. The van der Waals surface area contributed by atoms with Gasteiger partial charge in [-0.15, -0.1) is 0 Å². The van der Waals surface area contributed by atoms with Gasteiger partial charge in [0, 0.05) is 10.0 Å². The molecule has 1 aliphatic rings. The number of hydrogen-bond acceptors (Lipinski definition) is 4. The molecule has 0 radical (unpaired) electrons. The first-order valence-electron chi connectivity index (χ1n) is 4.84. The number of amides is 2. The van der Waals surface area contributed by atoms with Crippen molar-refractivity contribution in [3.8, 4) is 0 Å². The van der Waals surface area contributed by atoms with Gasteiger partial charge in [0.1, 0.15) is 6.73 Å². The minimum Gasteiger partial charge on any atom is -0.376 e. The largest absolute Gasteiger partial charge is 0.376 e. The summed E-state index contributed by atoms with van der Waals surface area (Å²) < 4.78 is 0. The maximum Gasteiger partial charge on any atom is 0.295 e. The summed E-state index contributed by atoms with van der Waals surface area (Å²) in [7, 11) is 0. The Labute approximate surface area is 117 Å². The van der Waals surface area contributed by atoms with Gasteiger partial charge < -0.3 is 5.11 Å². The van der Waals surface area contributed by atoms with E-state index in [0.29, 0.717) is 15.6 Å². The predicted molar refractivity (Wildman–Crippen MR) is 71.4 cm³/mol. The van der Waals surface area contributed by atoms with Gasteiger partial charge in [-0.2, -0.15) is 0 Å². The Hall–Kier alpha value is -1.01. The molecule has 0 bridgehead atoms. The molecule has 2 rings (SSSR count). The van der Waals surface area contributed by atoms with Crippen molar-refractivity contribution in [1.29, 1.82) is 0 Å². The predicted octanol–water partition coefficient (Wildman–Crippen LogP) is 2.98. The standard InChI is InChI=1S/C11H7Cl2NO3S/c12-7-2-1-6(8(13)4-7)3-9-10(16)14(5-15)11(17)18-9/h1-4,15H,5H2. The third-order valence-electron chi connectivity index (χ3n) is 2.26. The summed E-state index contributed by atoms with van der Waals surface area (Å²) in [6.45, 7) is -0.629. The van der Waals surface area contributed by atoms with Gasteiger partial charge in [-0.1, -0.05) is 29.3 Å². The summed E-state index contributed by atoms with van der Waals surface area (Å²) in [4.78, 5) is 24.1.